The molecule has 4 rings (SSSR count). The SMILES string of the molecule is Cc1nc(C)c(Cc2c(C(=O)O)cc(O)c3c2C(=O)c2cccc(O)c2C3=O)nc1C. The van der Waals surface area contributed by atoms with Crippen LogP contribution in [0.2, 0.25) is 0 Å². The van der Waals surface area contributed by atoms with Gasteiger partial charge >= 0.3 is 5.97 Å². The zero-order valence-corrected chi connectivity index (χ0v) is 17.0. The molecule has 1 heterocycles. The number of phenolic OH excluding ortho intramolecular Hbond substituents is 2. The number of phenols is 2. The summed E-state index contributed by atoms with van der Waals surface area (Å²) in [6.07, 6.45) is -0.0721. The fraction of sp³-hybridized carbons (Fsp3) is 0.174. The van der Waals surface area contributed by atoms with Crippen molar-refractivity contribution in [1.82, 2.24) is 9.97 Å². The second kappa shape index (κ2) is 7.02. The third kappa shape index (κ3) is 3.04. The van der Waals surface area contributed by atoms with Crippen molar-refractivity contribution < 1.29 is 29.7 Å². The van der Waals surface area contributed by atoms with Gasteiger partial charge in [-0.15, -0.1) is 0 Å². The Bertz CT molecular complexity index is 1330. The molecule has 3 aromatic rings. The van der Waals surface area contributed by atoms with Crippen LogP contribution in [-0.4, -0.2) is 42.8 Å². The Hall–Kier alpha value is -4.07. The minimum absolute atomic E-state index is 0.0522. The average Bonchev–Trinajstić information content (AvgIpc) is 2.70. The minimum Gasteiger partial charge on any atom is -0.507 e. The van der Waals surface area contributed by atoms with Gasteiger partial charge in [0.15, 0.2) is 5.78 Å². The quantitative estimate of drug-likeness (QED) is 0.462. The number of nitrogens with zero attached hydrogens (tertiary/aromatic N) is 2. The Morgan fingerprint density at radius 2 is 1.55 bits per heavy atom. The third-order valence-corrected chi connectivity index (χ3v) is 5.54. The molecule has 0 unspecified atom stereocenters. The Labute approximate surface area is 176 Å². The van der Waals surface area contributed by atoms with Gasteiger partial charge in [-0.1, -0.05) is 12.1 Å². The molecule has 0 saturated carbocycles. The van der Waals surface area contributed by atoms with Gasteiger partial charge in [-0.05, 0) is 38.5 Å². The van der Waals surface area contributed by atoms with Crippen LogP contribution in [0.5, 0.6) is 11.5 Å². The number of ketones is 2. The lowest BCUT2D eigenvalue weighted by Crippen LogP contribution is -2.25. The molecule has 0 amide bonds. The van der Waals surface area contributed by atoms with Gasteiger partial charge in [0.25, 0.3) is 0 Å². The first-order valence-electron chi connectivity index (χ1n) is 9.46. The molecule has 0 spiro atoms. The van der Waals surface area contributed by atoms with Crippen molar-refractivity contribution >= 4 is 17.5 Å². The van der Waals surface area contributed by atoms with Crippen LogP contribution in [0.3, 0.4) is 0 Å². The Morgan fingerprint density at radius 3 is 2.23 bits per heavy atom. The highest BCUT2D eigenvalue weighted by atomic mass is 16.4. The highest BCUT2D eigenvalue weighted by Gasteiger charge is 2.38. The maximum atomic E-state index is 13.3. The number of fused-ring (bicyclic) bond motifs is 2. The summed E-state index contributed by atoms with van der Waals surface area (Å²) in [5.74, 6) is -3.78. The van der Waals surface area contributed by atoms with E-state index in [0.717, 1.165) is 11.8 Å². The minimum atomic E-state index is -1.36. The fourth-order valence-electron chi connectivity index (χ4n) is 3.89. The predicted octanol–water partition coefficient (Wildman–Crippen LogP) is 2.88. The number of aryl methyl sites for hydroxylation is 3. The summed E-state index contributed by atoms with van der Waals surface area (Å²) in [7, 11) is 0. The van der Waals surface area contributed by atoms with Crippen LogP contribution in [0.15, 0.2) is 24.3 Å². The number of carbonyl (C=O) groups is 3. The van der Waals surface area contributed by atoms with Gasteiger partial charge < -0.3 is 15.3 Å². The van der Waals surface area contributed by atoms with E-state index in [1.807, 2.05) is 0 Å². The Morgan fingerprint density at radius 1 is 0.871 bits per heavy atom. The number of aromatic carboxylic acids is 1. The van der Waals surface area contributed by atoms with E-state index in [2.05, 4.69) is 9.97 Å². The first-order chi connectivity index (χ1) is 14.6. The van der Waals surface area contributed by atoms with E-state index in [-0.39, 0.29) is 45.6 Å². The summed E-state index contributed by atoms with van der Waals surface area (Å²) in [6, 6.07) is 5.03. The molecule has 1 aromatic heterocycles. The molecule has 1 aliphatic carbocycles. The van der Waals surface area contributed by atoms with Gasteiger partial charge in [-0.2, -0.15) is 0 Å². The van der Waals surface area contributed by atoms with Gasteiger partial charge in [0.1, 0.15) is 11.5 Å². The van der Waals surface area contributed by atoms with Crippen LogP contribution in [0.25, 0.3) is 0 Å². The number of benzene rings is 2. The topological polar surface area (TPSA) is 138 Å². The van der Waals surface area contributed by atoms with Crippen LogP contribution in [0, 0.1) is 20.8 Å². The number of aromatic hydroxyl groups is 2. The van der Waals surface area contributed by atoms with Gasteiger partial charge in [-0.25, -0.2) is 4.79 Å². The van der Waals surface area contributed by atoms with Crippen molar-refractivity contribution in [3.63, 3.8) is 0 Å². The molecule has 31 heavy (non-hydrogen) atoms. The summed E-state index contributed by atoms with van der Waals surface area (Å²) >= 11 is 0. The van der Waals surface area contributed by atoms with Crippen molar-refractivity contribution in [3.05, 3.63) is 80.4 Å². The lowest BCUT2D eigenvalue weighted by molar-refractivity contribution is 0.0694. The number of hydrogen-bond donors (Lipinski definition) is 3. The lowest BCUT2D eigenvalue weighted by atomic mass is 9.78. The maximum Gasteiger partial charge on any atom is 0.336 e. The smallest absolute Gasteiger partial charge is 0.336 e. The molecule has 8 heteroatoms. The summed E-state index contributed by atoms with van der Waals surface area (Å²) in [5.41, 5.74) is 1.37. The Kier molecular flexibility index (Phi) is 4.57. The van der Waals surface area contributed by atoms with Gasteiger partial charge in [0, 0.05) is 17.5 Å². The largest absolute Gasteiger partial charge is 0.507 e. The molecule has 2 aromatic carbocycles. The lowest BCUT2D eigenvalue weighted by Gasteiger charge is -2.23. The molecule has 8 nitrogen and oxygen atoms in total. The van der Waals surface area contributed by atoms with Gasteiger partial charge in [-0.3, -0.25) is 19.6 Å². The molecular weight excluding hydrogens is 400 g/mol. The summed E-state index contributed by atoms with van der Waals surface area (Å²) in [5, 5.41) is 30.4. The molecule has 0 radical (unpaired) electrons. The molecule has 3 N–H and O–H groups in total. The predicted molar refractivity (Wildman–Crippen MR) is 109 cm³/mol. The molecular formula is C23H18N2O6. The molecule has 0 fully saturated rings. The van der Waals surface area contributed by atoms with E-state index in [0.29, 0.717) is 17.1 Å². The zero-order chi connectivity index (χ0) is 22.6. The number of hydrogen-bond acceptors (Lipinski definition) is 7. The molecule has 0 aliphatic heterocycles. The van der Waals surface area contributed by atoms with E-state index in [1.165, 1.54) is 18.2 Å². The van der Waals surface area contributed by atoms with E-state index in [4.69, 9.17) is 0 Å². The van der Waals surface area contributed by atoms with Gasteiger partial charge in [0.2, 0.25) is 5.78 Å². The normalized spacial score (nSPS) is 12.5. The van der Waals surface area contributed by atoms with Crippen LogP contribution in [0.1, 0.15) is 70.5 Å². The second-order valence-electron chi connectivity index (χ2n) is 7.44. The second-order valence-corrected chi connectivity index (χ2v) is 7.44. The molecule has 0 saturated heterocycles. The number of aromatic nitrogens is 2. The summed E-state index contributed by atoms with van der Waals surface area (Å²) in [4.78, 5) is 47.3. The van der Waals surface area contributed by atoms with Crippen molar-refractivity contribution in [2.24, 2.45) is 0 Å². The van der Waals surface area contributed by atoms with Crippen molar-refractivity contribution in [2.75, 3.05) is 0 Å². The average molecular weight is 418 g/mol. The van der Waals surface area contributed by atoms with Crippen molar-refractivity contribution in [3.8, 4) is 11.5 Å². The molecule has 0 bridgehead atoms. The van der Waals surface area contributed by atoms with E-state index < -0.39 is 23.3 Å². The highest BCUT2D eigenvalue weighted by molar-refractivity contribution is 6.31. The number of carbonyl (C=O) groups excluding carboxylic acids is 2. The zero-order valence-electron chi connectivity index (χ0n) is 17.0. The monoisotopic (exact) mass is 418 g/mol. The number of carboxylic acids is 1. The summed E-state index contributed by atoms with van der Waals surface area (Å²) < 4.78 is 0. The number of carboxylic acid groups (broad SMARTS) is 1. The van der Waals surface area contributed by atoms with Crippen LogP contribution in [0.4, 0.5) is 0 Å². The van der Waals surface area contributed by atoms with E-state index in [9.17, 15) is 29.7 Å². The standard InChI is InChI=1S/C23H18N2O6/c1-9-10(2)25-15(11(3)24-9)7-13-14(23(30)31)8-17(27)20-19(13)21(28)12-5-4-6-16(26)18(12)22(20)29/h4-6,8,26-27H,7H2,1-3H3,(H,30,31). The first kappa shape index (κ1) is 20.2. The van der Waals surface area contributed by atoms with Crippen molar-refractivity contribution in [1.29, 1.82) is 0 Å². The highest BCUT2D eigenvalue weighted by Crippen LogP contribution is 2.40. The van der Waals surface area contributed by atoms with E-state index in [1.54, 1.807) is 20.8 Å². The number of rotatable bonds is 3. The van der Waals surface area contributed by atoms with Crippen molar-refractivity contribution in [2.45, 2.75) is 27.2 Å². The van der Waals surface area contributed by atoms with Gasteiger partial charge in [0.05, 0.1) is 39.5 Å². The molecule has 0 atom stereocenters. The molecule has 156 valence electrons. The van der Waals surface area contributed by atoms with Crippen LogP contribution in [-0.2, 0) is 6.42 Å². The van der Waals surface area contributed by atoms with E-state index >= 15 is 0 Å². The van der Waals surface area contributed by atoms with Crippen LogP contribution < -0.4 is 0 Å². The maximum absolute atomic E-state index is 13.3. The summed E-state index contributed by atoms with van der Waals surface area (Å²) in [6.45, 7) is 5.29. The third-order valence-electron chi connectivity index (χ3n) is 5.54. The molecule has 1 aliphatic rings. The van der Waals surface area contributed by atoms with Crippen LogP contribution >= 0.6 is 0 Å². The first-order valence-corrected chi connectivity index (χ1v) is 9.46. The Balaban J connectivity index is 2.03. The fourth-order valence-corrected chi connectivity index (χ4v) is 3.89.